The van der Waals surface area contributed by atoms with E-state index in [4.69, 9.17) is 4.74 Å². The number of hydrogen-bond donors (Lipinski definition) is 0. The third-order valence-corrected chi connectivity index (χ3v) is 5.54. The Bertz CT molecular complexity index is 715. The van der Waals surface area contributed by atoms with Crippen LogP contribution in [-0.2, 0) is 4.79 Å². The number of likely N-dealkylation sites (tertiary alicyclic amines) is 2. The molecule has 0 aliphatic carbocycles. The van der Waals surface area contributed by atoms with Gasteiger partial charge in [-0.3, -0.25) is 9.59 Å². The van der Waals surface area contributed by atoms with Crippen molar-refractivity contribution in [2.24, 2.45) is 11.3 Å². The number of nitrogens with zero attached hydrogens (tertiary/aromatic N) is 2. The number of ether oxygens (including phenoxy) is 1. The molecule has 2 fully saturated rings. The summed E-state index contributed by atoms with van der Waals surface area (Å²) in [7, 11) is 0. The first kappa shape index (κ1) is 18.5. The third-order valence-electron chi connectivity index (χ3n) is 5.54. The number of benzene rings is 1. The molecule has 0 radical (unpaired) electrons. The molecule has 5 nitrogen and oxygen atoms in total. The Morgan fingerprint density at radius 1 is 1.46 bits per heavy atom. The maximum Gasteiger partial charge on any atom is 0.254 e. The maximum atomic E-state index is 13.0. The van der Waals surface area contributed by atoms with Crippen molar-refractivity contribution in [3.63, 3.8) is 0 Å². The normalized spacial score (nSPS) is 25.4. The Morgan fingerprint density at radius 2 is 2.23 bits per heavy atom. The van der Waals surface area contributed by atoms with E-state index >= 15 is 0 Å². The molecule has 3 rings (SSSR count). The summed E-state index contributed by atoms with van der Waals surface area (Å²) in [5, 5.41) is 0. The largest absolute Gasteiger partial charge is 0.491 e. The van der Waals surface area contributed by atoms with Crippen LogP contribution in [-0.4, -0.2) is 53.9 Å². The summed E-state index contributed by atoms with van der Waals surface area (Å²) in [6.45, 7) is 12.2. The summed E-state index contributed by atoms with van der Waals surface area (Å²) in [5.74, 6) is 0.987. The van der Waals surface area contributed by atoms with Gasteiger partial charge in [-0.1, -0.05) is 19.1 Å². The molecule has 0 bridgehead atoms. The molecule has 140 valence electrons. The van der Waals surface area contributed by atoms with Gasteiger partial charge in [-0.25, -0.2) is 0 Å². The van der Waals surface area contributed by atoms with Crippen molar-refractivity contribution in [3.8, 4) is 5.75 Å². The molecule has 2 heterocycles. The van der Waals surface area contributed by atoms with Crippen molar-refractivity contribution in [3.05, 3.63) is 42.5 Å². The molecule has 0 aromatic heterocycles. The summed E-state index contributed by atoms with van der Waals surface area (Å²) in [5.41, 5.74) is 0.172. The Labute approximate surface area is 155 Å². The van der Waals surface area contributed by atoms with E-state index in [1.807, 2.05) is 41.8 Å². The van der Waals surface area contributed by atoms with E-state index in [1.54, 1.807) is 12.1 Å². The topological polar surface area (TPSA) is 49.9 Å². The highest BCUT2D eigenvalue weighted by atomic mass is 16.5. The lowest BCUT2D eigenvalue weighted by Gasteiger charge is -2.26. The van der Waals surface area contributed by atoms with Crippen LogP contribution in [0, 0.1) is 11.3 Å². The van der Waals surface area contributed by atoms with Gasteiger partial charge in [-0.2, -0.15) is 0 Å². The zero-order valence-electron chi connectivity index (χ0n) is 15.9. The van der Waals surface area contributed by atoms with Crippen LogP contribution >= 0.6 is 0 Å². The molecule has 26 heavy (non-hydrogen) atoms. The van der Waals surface area contributed by atoms with Crippen molar-refractivity contribution in [2.75, 3.05) is 26.2 Å². The molecule has 2 atom stereocenters. The van der Waals surface area contributed by atoms with Gasteiger partial charge < -0.3 is 14.5 Å². The van der Waals surface area contributed by atoms with Crippen molar-refractivity contribution < 1.29 is 14.3 Å². The lowest BCUT2D eigenvalue weighted by molar-refractivity contribution is -0.136. The van der Waals surface area contributed by atoms with Gasteiger partial charge in [-0.05, 0) is 44.4 Å². The highest BCUT2D eigenvalue weighted by Gasteiger charge is 2.55. The molecule has 1 aromatic rings. The Hall–Kier alpha value is -2.30. The van der Waals surface area contributed by atoms with Gasteiger partial charge in [0, 0.05) is 31.7 Å². The summed E-state index contributed by atoms with van der Waals surface area (Å²) >= 11 is 0. The summed E-state index contributed by atoms with van der Waals surface area (Å²) in [6.07, 6.45) is 2.63. The second-order valence-electron chi connectivity index (χ2n) is 7.73. The first-order chi connectivity index (χ1) is 12.4. The Kier molecular flexibility index (Phi) is 5.08. The monoisotopic (exact) mass is 356 g/mol. The minimum absolute atomic E-state index is 0.0297. The van der Waals surface area contributed by atoms with E-state index in [9.17, 15) is 9.59 Å². The fraction of sp³-hybridized carbons (Fsp3) is 0.524. The zero-order chi connectivity index (χ0) is 18.9. The van der Waals surface area contributed by atoms with E-state index in [1.165, 1.54) is 0 Å². The Morgan fingerprint density at radius 3 is 2.92 bits per heavy atom. The van der Waals surface area contributed by atoms with Crippen LogP contribution in [0.2, 0.25) is 0 Å². The number of rotatable bonds is 5. The molecule has 2 aliphatic heterocycles. The van der Waals surface area contributed by atoms with Gasteiger partial charge >= 0.3 is 0 Å². The molecule has 5 heteroatoms. The lowest BCUT2D eigenvalue weighted by atomic mass is 9.78. The van der Waals surface area contributed by atoms with Crippen molar-refractivity contribution in [2.45, 2.75) is 33.3 Å². The summed E-state index contributed by atoms with van der Waals surface area (Å²) in [6, 6.07) is 7.30. The molecule has 0 unspecified atom stereocenters. The summed E-state index contributed by atoms with van der Waals surface area (Å²) in [4.78, 5) is 29.6. The molecule has 0 N–H and O–H groups in total. The van der Waals surface area contributed by atoms with E-state index in [0.29, 0.717) is 30.9 Å². The first-order valence-electron chi connectivity index (χ1n) is 9.33. The number of carbonyl (C=O) groups is 2. The van der Waals surface area contributed by atoms with E-state index in [2.05, 4.69) is 13.5 Å². The van der Waals surface area contributed by atoms with E-state index in [-0.39, 0.29) is 23.8 Å². The average Bonchev–Trinajstić information content (AvgIpc) is 3.10. The van der Waals surface area contributed by atoms with Crippen LogP contribution in [0.25, 0.3) is 0 Å². The molecule has 1 spiro atoms. The standard InChI is InChI=1S/C21H28N2O3/c1-5-10-22-11-9-21(20(22)25)14-23(13-16(21)4)19(24)17-7-6-8-18(12-17)26-15(2)3/h5-8,12,15-16H,1,9-11,13-14H2,2-4H3/t16-,21-/m1/s1. The number of carbonyl (C=O) groups excluding carboxylic acids is 2. The van der Waals surface area contributed by atoms with Gasteiger partial charge in [0.25, 0.3) is 5.91 Å². The zero-order valence-corrected chi connectivity index (χ0v) is 15.9. The van der Waals surface area contributed by atoms with Crippen molar-refractivity contribution in [1.29, 1.82) is 0 Å². The van der Waals surface area contributed by atoms with Gasteiger partial charge in [-0.15, -0.1) is 6.58 Å². The number of amides is 2. The molecule has 0 saturated carbocycles. The molecule has 2 amide bonds. The smallest absolute Gasteiger partial charge is 0.254 e. The van der Waals surface area contributed by atoms with Crippen LogP contribution in [0.3, 0.4) is 0 Å². The Balaban J connectivity index is 1.77. The second kappa shape index (κ2) is 7.14. The highest BCUT2D eigenvalue weighted by molar-refractivity contribution is 5.96. The minimum Gasteiger partial charge on any atom is -0.491 e. The predicted molar refractivity (Wildman–Crippen MR) is 101 cm³/mol. The van der Waals surface area contributed by atoms with E-state index in [0.717, 1.165) is 13.0 Å². The van der Waals surface area contributed by atoms with Gasteiger partial charge in [0.2, 0.25) is 5.91 Å². The van der Waals surface area contributed by atoms with E-state index < -0.39 is 5.41 Å². The SMILES string of the molecule is C=CCN1CC[C@]2(CN(C(=O)c3cccc(OC(C)C)c3)C[C@H]2C)C1=O. The highest BCUT2D eigenvalue weighted by Crippen LogP contribution is 2.45. The minimum atomic E-state index is -0.440. The van der Waals surface area contributed by atoms with Crippen LogP contribution in [0.5, 0.6) is 5.75 Å². The van der Waals surface area contributed by atoms with Crippen molar-refractivity contribution >= 4 is 11.8 Å². The quantitative estimate of drug-likeness (QED) is 0.762. The van der Waals surface area contributed by atoms with Gasteiger partial charge in [0.1, 0.15) is 5.75 Å². The van der Waals surface area contributed by atoms with Crippen LogP contribution in [0.15, 0.2) is 36.9 Å². The third kappa shape index (κ3) is 3.22. The second-order valence-corrected chi connectivity index (χ2v) is 7.73. The fourth-order valence-electron chi connectivity index (χ4n) is 4.17. The van der Waals surface area contributed by atoms with Gasteiger partial charge in [0.15, 0.2) is 0 Å². The maximum absolute atomic E-state index is 13.0. The first-order valence-corrected chi connectivity index (χ1v) is 9.33. The lowest BCUT2D eigenvalue weighted by Crippen LogP contribution is -2.40. The van der Waals surface area contributed by atoms with Crippen molar-refractivity contribution in [1.82, 2.24) is 9.80 Å². The van der Waals surface area contributed by atoms with Gasteiger partial charge in [0.05, 0.1) is 11.5 Å². The molecular formula is C21H28N2O3. The van der Waals surface area contributed by atoms with Crippen LogP contribution in [0.4, 0.5) is 0 Å². The molecule has 1 aromatic carbocycles. The van der Waals surface area contributed by atoms with Crippen LogP contribution < -0.4 is 4.74 Å². The predicted octanol–water partition coefficient (Wildman–Crippen LogP) is 2.97. The molecule has 2 aliphatic rings. The fourth-order valence-corrected chi connectivity index (χ4v) is 4.17. The number of hydrogen-bond acceptors (Lipinski definition) is 3. The van der Waals surface area contributed by atoms with Crippen LogP contribution in [0.1, 0.15) is 37.6 Å². The summed E-state index contributed by atoms with van der Waals surface area (Å²) < 4.78 is 5.70. The molecule has 2 saturated heterocycles. The average molecular weight is 356 g/mol. The molecular weight excluding hydrogens is 328 g/mol.